The summed E-state index contributed by atoms with van der Waals surface area (Å²) >= 11 is 0. The monoisotopic (exact) mass is 264 g/mol. The van der Waals surface area contributed by atoms with Gasteiger partial charge in [-0.1, -0.05) is 6.42 Å². The van der Waals surface area contributed by atoms with Crippen LogP contribution in [0, 0.1) is 5.92 Å². The van der Waals surface area contributed by atoms with Gasteiger partial charge in [0.05, 0.1) is 5.92 Å². The summed E-state index contributed by atoms with van der Waals surface area (Å²) in [5.74, 6) is 0.147. The van der Waals surface area contributed by atoms with Crippen molar-refractivity contribution in [1.82, 2.24) is 9.88 Å². The van der Waals surface area contributed by atoms with Crippen LogP contribution in [-0.4, -0.2) is 40.0 Å². The summed E-state index contributed by atoms with van der Waals surface area (Å²) in [5.41, 5.74) is -0.0748. The molecule has 1 amide bonds. The predicted molar refractivity (Wildman–Crippen MR) is 64.7 cm³/mol. The van der Waals surface area contributed by atoms with Crippen molar-refractivity contribution in [3.63, 3.8) is 0 Å². The zero-order valence-electron chi connectivity index (χ0n) is 10.5. The first kappa shape index (κ1) is 12.2. The minimum atomic E-state index is -1.09. The molecule has 0 radical (unpaired) electrons. The van der Waals surface area contributed by atoms with Crippen molar-refractivity contribution in [2.75, 3.05) is 13.1 Å². The van der Waals surface area contributed by atoms with Gasteiger partial charge in [0.15, 0.2) is 5.69 Å². The third kappa shape index (κ3) is 2.34. The van der Waals surface area contributed by atoms with Gasteiger partial charge in [0.25, 0.3) is 0 Å². The lowest BCUT2D eigenvalue weighted by Gasteiger charge is -2.39. The van der Waals surface area contributed by atoms with Gasteiger partial charge in [0.2, 0.25) is 11.8 Å². The minimum Gasteiger partial charge on any atom is -0.476 e. The van der Waals surface area contributed by atoms with Gasteiger partial charge >= 0.3 is 5.97 Å². The van der Waals surface area contributed by atoms with E-state index in [1.165, 1.54) is 19.3 Å². The molecule has 2 aliphatic rings. The molecule has 1 aliphatic heterocycles. The number of aromatic nitrogens is 1. The highest BCUT2D eigenvalue weighted by Crippen LogP contribution is 2.32. The molecule has 1 saturated carbocycles. The average Bonchev–Trinajstić information content (AvgIpc) is 2.71. The normalized spacial score (nSPS) is 19.9. The van der Waals surface area contributed by atoms with Crippen molar-refractivity contribution >= 4 is 11.9 Å². The standard InChI is InChI=1S/C13H16N2O4/c16-11(4-8-2-1-3-8)15-5-9(6-15)12-14-10(7-19-12)13(17)18/h7-9H,1-6H2,(H,17,18). The second-order valence-corrected chi connectivity index (χ2v) is 5.37. The molecule has 1 aromatic rings. The largest absolute Gasteiger partial charge is 0.476 e. The lowest BCUT2D eigenvalue weighted by atomic mass is 9.82. The van der Waals surface area contributed by atoms with Crippen LogP contribution in [0.15, 0.2) is 10.7 Å². The molecule has 1 aromatic heterocycles. The highest BCUT2D eigenvalue weighted by Gasteiger charge is 2.36. The van der Waals surface area contributed by atoms with Crippen molar-refractivity contribution in [1.29, 1.82) is 0 Å². The van der Waals surface area contributed by atoms with E-state index >= 15 is 0 Å². The van der Waals surface area contributed by atoms with Crippen molar-refractivity contribution in [3.05, 3.63) is 17.8 Å². The van der Waals surface area contributed by atoms with Crippen LogP contribution >= 0.6 is 0 Å². The topological polar surface area (TPSA) is 83.6 Å². The Morgan fingerprint density at radius 2 is 2.16 bits per heavy atom. The van der Waals surface area contributed by atoms with E-state index in [0.717, 1.165) is 6.26 Å². The molecule has 0 atom stereocenters. The Labute approximate surface area is 110 Å². The maximum atomic E-state index is 11.9. The third-order valence-corrected chi connectivity index (χ3v) is 4.01. The number of nitrogens with zero attached hydrogens (tertiary/aromatic N) is 2. The summed E-state index contributed by atoms with van der Waals surface area (Å²) in [5, 5.41) is 8.76. The molecule has 2 heterocycles. The number of carboxylic acid groups (broad SMARTS) is 1. The second-order valence-electron chi connectivity index (χ2n) is 5.37. The van der Waals surface area contributed by atoms with Crippen molar-refractivity contribution in [2.24, 2.45) is 5.92 Å². The van der Waals surface area contributed by atoms with E-state index in [9.17, 15) is 9.59 Å². The van der Waals surface area contributed by atoms with Crippen LogP contribution in [0.4, 0.5) is 0 Å². The third-order valence-electron chi connectivity index (χ3n) is 4.01. The molecule has 102 valence electrons. The molecule has 0 spiro atoms. The lowest BCUT2D eigenvalue weighted by Crippen LogP contribution is -2.49. The molecule has 2 fully saturated rings. The predicted octanol–water partition coefficient (Wildman–Crippen LogP) is 1.49. The van der Waals surface area contributed by atoms with Gasteiger partial charge in [-0.05, 0) is 18.8 Å². The number of hydrogen-bond acceptors (Lipinski definition) is 4. The van der Waals surface area contributed by atoms with Crippen LogP contribution in [0.5, 0.6) is 0 Å². The number of likely N-dealkylation sites (tertiary alicyclic amines) is 1. The number of hydrogen-bond donors (Lipinski definition) is 1. The smallest absolute Gasteiger partial charge is 0.357 e. The average molecular weight is 264 g/mol. The molecule has 0 bridgehead atoms. The van der Waals surface area contributed by atoms with E-state index in [0.29, 0.717) is 31.3 Å². The Hall–Kier alpha value is -1.85. The van der Waals surface area contributed by atoms with Gasteiger partial charge in [-0.2, -0.15) is 0 Å². The van der Waals surface area contributed by atoms with E-state index in [1.807, 2.05) is 0 Å². The number of oxazole rings is 1. The minimum absolute atomic E-state index is 0.0402. The van der Waals surface area contributed by atoms with Crippen LogP contribution in [0.2, 0.25) is 0 Å². The SMILES string of the molecule is O=C(O)c1coc(C2CN(C(=O)CC3CCC3)C2)n1. The Balaban J connectivity index is 1.51. The van der Waals surface area contributed by atoms with E-state index in [4.69, 9.17) is 9.52 Å². The Kier molecular flexibility index (Phi) is 3.00. The number of carbonyl (C=O) groups is 2. The molecule has 0 unspecified atom stereocenters. The number of aromatic carboxylic acids is 1. The van der Waals surface area contributed by atoms with E-state index in [-0.39, 0.29) is 17.5 Å². The van der Waals surface area contributed by atoms with E-state index < -0.39 is 5.97 Å². The molecule has 3 rings (SSSR count). The van der Waals surface area contributed by atoms with Gasteiger partial charge in [0, 0.05) is 19.5 Å². The number of amides is 1. The van der Waals surface area contributed by atoms with Crippen molar-refractivity contribution < 1.29 is 19.1 Å². The molecule has 1 N–H and O–H groups in total. The van der Waals surface area contributed by atoms with Crippen LogP contribution in [0.25, 0.3) is 0 Å². The summed E-state index contributed by atoms with van der Waals surface area (Å²) in [7, 11) is 0. The number of carbonyl (C=O) groups excluding carboxylic acids is 1. The molecular weight excluding hydrogens is 248 g/mol. The molecular formula is C13H16N2O4. The Morgan fingerprint density at radius 3 is 2.68 bits per heavy atom. The van der Waals surface area contributed by atoms with Gasteiger partial charge < -0.3 is 14.4 Å². The van der Waals surface area contributed by atoms with Crippen LogP contribution < -0.4 is 0 Å². The summed E-state index contributed by atoms with van der Waals surface area (Å²) < 4.78 is 5.14. The summed E-state index contributed by atoms with van der Waals surface area (Å²) in [4.78, 5) is 28.3. The first-order valence-electron chi connectivity index (χ1n) is 6.60. The molecule has 6 nitrogen and oxygen atoms in total. The van der Waals surface area contributed by atoms with Crippen molar-refractivity contribution in [3.8, 4) is 0 Å². The second kappa shape index (κ2) is 4.68. The summed E-state index contributed by atoms with van der Waals surface area (Å²) in [6.45, 7) is 1.18. The van der Waals surface area contributed by atoms with Crippen molar-refractivity contribution in [2.45, 2.75) is 31.6 Å². The Bertz CT molecular complexity index is 500. The zero-order chi connectivity index (χ0) is 13.4. The summed E-state index contributed by atoms with van der Waals surface area (Å²) in [6, 6.07) is 0. The molecule has 1 saturated heterocycles. The van der Waals surface area contributed by atoms with Crippen LogP contribution in [-0.2, 0) is 4.79 Å². The van der Waals surface area contributed by atoms with Crippen LogP contribution in [0.3, 0.4) is 0 Å². The fourth-order valence-corrected chi connectivity index (χ4v) is 2.48. The fraction of sp³-hybridized carbons (Fsp3) is 0.615. The van der Waals surface area contributed by atoms with E-state index in [2.05, 4.69) is 4.98 Å². The maximum Gasteiger partial charge on any atom is 0.357 e. The zero-order valence-corrected chi connectivity index (χ0v) is 10.5. The number of carboxylic acids is 1. The quantitative estimate of drug-likeness (QED) is 0.890. The molecule has 1 aliphatic carbocycles. The van der Waals surface area contributed by atoms with E-state index in [1.54, 1.807) is 4.90 Å². The lowest BCUT2D eigenvalue weighted by molar-refractivity contribution is -0.137. The van der Waals surface area contributed by atoms with Gasteiger partial charge in [-0.3, -0.25) is 4.79 Å². The first-order valence-corrected chi connectivity index (χ1v) is 6.60. The molecule has 6 heteroatoms. The molecule has 0 aromatic carbocycles. The molecule has 19 heavy (non-hydrogen) atoms. The van der Waals surface area contributed by atoms with Gasteiger partial charge in [-0.25, -0.2) is 9.78 Å². The van der Waals surface area contributed by atoms with Crippen LogP contribution in [0.1, 0.15) is 48.0 Å². The summed E-state index contributed by atoms with van der Waals surface area (Å²) in [6.07, 6.45) is 5.39. The highest BCUT2D eigenvalue weighted by molar-refractivity contribution is 5.84. The fourth-order valence-electron chi connectivity index (χ4n) is 2.48. The number of rotatable bonds is 4. The van der Waals surface area contributed by atoms with Gasteiger partial charge in [-0.15, -0.1) is 0 Å². The Morgan fingerprint density at radius 1 is 1.42 bits per heavy atom. The highest BCUT2D eigenvalue weighted by atomic mass is 16.4. The van der Waals surface area contributed by atoms with Gasteiger partial charge in [0.1, 0.15) is 6.26 Å². The first-order chi connectivity index (χ1) is 9.13. The maximum absolute atomic E-state index is 11.9.